The quantitative estimate of drug-likeness (QED) is 0.778. The van der Waals surface area contributed by atoms with Crippen LogP contribution in [0.2, 0.25) is 0 Å². The first-order valence-electron chi connectivity index (χ1n) is 8.30. The molecule has 0 aliphatic carbocycles. The summed E-state index contributed by atoms with van der Waals surface area (Å²) in [5, 5.41) is 2.82. The summed E-state index contributed by atoms with van der Waals surface area (Å²) in [5.74, 6) is -1.46. The van der Waals surface area contributed by atoms with Crippen LogP contribution < -0.4 is 5.32 Å². The third kappa shape index (κ3) is 4.07. The molecule has 6 heteroatoms. The highest BCUT2D eigenvalue weighted by atomic mass is 19.1. The van der Waals surface area contributed by atoms with Crippen molar-refractivity contribution in [3.05, 3.63) is 57.9 Å². The van der Waals surface area contributed by atoms with E-state index in [0.717, 1.165) is 29.3 Å². The predicted octanol–water partition coefficient (Wildman–Crippen LogP) is 3.37. The molecule has 2 aromatic rings. The number of hydrogen-bond donors (Lipinski definition) is 1. The topological polar surface area (TPSA) is 43.3 Å². The molecule has 136 valence electrons. The van der Waals surface area contributed by atoms with Gasteiger partial charge in [0.05, 0.1) is 13.2 Å². The van der Waals surface area contributed by atoms with Crippen LogP contribution in [0, 0.1) is 25.5 Å². The Kier molecular flexibility index (Phi) is 6.31. The zero-order valence-electron chi connectivity index (χ0n) is 15.1. The number of methoxy groups -OCH3 is 1. The maximum absolute atomic E-state index is 14.1. The summed E-state index contributed by atoms with van der Waals surface area (Å²) in [6, 6.07) is 3.50. The molecule has 25 heavy (non-hydrogen) atoms. The lowest BCUT2D eigenvalue weighted by Crippen LogP contribution is -2.30. The fourth-order valence-corrected chi connectivity index (χ4v) is 3.13. The minimum atomic E-state index is -0.617. The second kappa shape index (κ2) is 8.25. The molecule has 2 rings (SSSR count). The number of ether oxygens (including phenoxy) is 1. The minimum absolute atomic E-state index is 0.172. The van der Waals surface area contributed by atoms with Crippen molar-refractivity contribution < 1.29 is 18.3 Å². The molecule has 1 aromatic carbocycles. The van der Waals surface area contributed by atoms with Crippen LogP contribution in [-0.2, 0) is 17.7 Å². The van der Waals surface area contributed by atoms with Gasteiger partial charge in [0.15, 0.2) is 0 Å². The summed E-state index contributed by atoms with van der Waals surface area (Å²) in [4.78, 5) is 12.6. The van der Waals surface area contributed by atoms with Gasteiger partial charge in [-0.05, 0) is 37.5 Å². The van der Waals surface area contributed by atoms with E-state index in [0.29, 0.717) is 24.4 Å². The molecule has 0 spiro atoms. The Hall–Kier alpha value is -2.21. The van der Waals surface area contributed by atoms with E-state index in [1.807, 2.05) is 20.8 Å². The molecule has 0 saturated carbocycles. The van der Waals surface area contributed by atoms with Crippen LogP contribution in [-0.4, -0.2) is 30.7 Å². The van der Waals surface area contributed by atoms with E-state index < -0.39 is 11.6 Å². The van der Waals surface area contributed by atoms with Gasteiger partial charge in [-0.2, -0.15) is 0 Å². The van der Waals surface area contributed by atoms with Crippen LogP contribution in [0.3, 0.4) is 0 Å². The first-order chi connectivity index (χ1) is 11.9. The molecule has 0 radical (unpaired) electrons. The van der Waals surface area contributed by atoms with Crippen molar-refractivity contribution in [3.8, 4) is 0 Å². The van der Waals surface area contributed by atoms with Crippen molar-refractivity contribution in [2.45, 2.75) is 33.7 Å². The number of benzene rings is 1. The molecule has 0 bridgehead atoms. The Balaban J connectivity index is 2.43. The lowest BCUT2D eigenvalue weighted by Gasteiger charge is -2.13. The van der Waals surface area contributed by atoms with Crippen molar-refractivity contribution in [1.29, 1.82) is 0 Å². The van der Waals surface area contributed by atoms with E-state index in [-0.39, 0.29) is 12.5 Å². The number of carbonyl (C=O) groups excluding carboxylic acids is 1. The number of amides is 1. The Morgan fingerprint density at radius 2 is 2.00 bits per heavy atom. The molecule has 0 unspecified atom stereocenters. The minimum Gasteiger partial charge on any atom is -0.383 e. The smallest absolute Gasteiger partial charge is 0.268 e. The number of rotatable bonds is 7. The van der Waals surface area contributed by atoms with Crippen LogP contribution in [0.15, 0.2) is 18.2 Å². The van der Waals surface area contributed by atoms with Crippen LogP contribution in [0.5, 0.6) is 0 Å². The number of hydrogen-bond acceptors (Lipinski definition) is 2. The van der Waals surface area contributed by atoms with E-state index in [4.69, 9.17) is 4.74 Å². The highest BCUT2D eigenvalue weighted by Crippen LogP contribution is 2.25. The van der Waals surface area contributed by atoms with E-state index in [2.05, 4.69) is 5.32 Å². The average molecular weight is 350 g/mol. The van der Waals surface area contributed by atoms with Gasteiger partial charge < -0.3 is 14.6 Å². The predicted molar refractivity (Wildman–Crippen MR) is 93.0 cm³/mol. The molecular formula is C19H24F2N2O2. The fraction of sp³-hybridized carbons (Fsp3) is 0.421. The van der Waals surface area contributed by atoms with Gasteiger partial charge in [-0.15, -0.1) is 0 Å². The van der Waals surface area contributed by atoms with Crippen LogP contribution in [0.1, 0.15) is 39.8 Å². The Labute approximate surface area is 146 Å². The molecule has 0 aliphatic heterocycles. The van der Waals surface area contributed by atoms with Gasteiger partial charge in [-0.1, -0.05) is 13.0 Å². The van der Waals surface area contributed by atoms with E-state index in [9.17, 15) is 13.6 Å². The molecule has 0 atom stereocenters. The molecule has 0 fully saturated rings. The molecule has 0 saturated heterocycles. The largest absolute Gasteiger partial charge is 0.383 e. The molecule has 1 aromatic heterocycles. The molecule has 0 aliphatic rings. The summed E-state index contributed by atoms with van der Waals surface area (Å²) in [6.07, 6.45) is 0.773. The van der Waals surface area contributed by atoms with Crippen molar-refractivity contribution in [2.24, 2.45) is 0 Å². The molecular weight excluding hydrogens is 326 g/mol. The van der Waals surface area contributed by atoms with Crippen LogP contribution in [0.25, 0.3) is 0 Å². The normalized spacial score (nSPS) is 11.0. The lowest BCUT2D eigenvalue weighted by molar-refractivity contribution is 0.0927. The SMILES string of the molecule is CCc1c(C)c(C(=O)NCCOC)n(Cc2ccc(F)cc2F)c1C. The van der Waals surface area contributed by atoms with Gasteiger partial charge in [-0.25, -0.2) is 8.78 Å². The maximum Gasteiger partial charge on any atom is 0.268 e. The number of halogens is 2. The zero-order valence-corrected chi connectivity index (χ0v) is 15.1. The molecule has 1 N–H and O–H groups in total. The van der Waals surface area contributed by atoms with Gasteiger partial charge in [0.2, 0.25) is 0 Å². The van der Waals surface area contributed by atoms with Gasteiger partial charge in [0.25, 0.3) is 5.91 Å². The van der Waals surface area contributed by atoms with E-state index in [1.54, 1.807) is 11.7 Å². The van der Waals surface area contributed by atoms with Crippen LogP contribution in [0.4, 0.5) is 8.78 Å². The highest BCUT2D eigenvalue weighted by Gasteiger charge is 2.22. The molecule has 1 heterocycles. The summed E-state index contributed by atoms with van der Waals surface area (Å²) in [7, 11) is 1.57. The fourth-order valence-electron chi connectivity index (χ4n) is 3.13. The second-order valence-electron chi connectivity index (χ2n) is 5.96. The summed E-state index contributed by atoms with van der Waals surface area (Å²) in [5.41, 5.74) is 3.72. The van der Waals surface area contributed by atoms with Crippen molar-refractivity contribution in [3.63, 3.8) is 0 Å². The first kappa shape index (κ1) is 19.1. The maximum atomic E-state index is 14.1. The average Bonchev–Trinajstić information content (AvgIpc) is 2.80. The summed E-state index contributed by atoms with van der Waals surface area (Å²) < 4.78 is 34.0. The van der Waals surface area contributed by atoms with Crippen molar-refractivity contribution in [1.82, 2.24) is 9.88 Å². The summed E-state index contributed by atoms with van der Waals surface area (Å²) >= 11 is 0. The van der Waals surface area contributed by atoms with E-state index >= 15 is 0 Å². The summed E-state index contributed by atoms with van der Waals surface area (Å²) in [6.45, 7) is 6.81. The Morgan fingerprint density at radius 3 is 2.60 bits per heavy atom. The second-order valence-corrected chi connectivity index (χ2v) is 5.96. The standard InChI is InChI=1S/C19H24F2N2O2/c1-5-16-12(2)18(19(24)22-8-9-25-4)23(13(16)3)11-14-6-7-15(20)10-17(14)21/h6-7,10H,5,8-9,11H2,1-4H3,(H,22,24). The van der Waals surface area contributed by atoms with Crippen LogP contribution >= 0.6 is 0 Å². The molecule has 4 nitrogen and oxygen atoms in total. The third-order valence-electron chi connectivity index (χ3n) is 4.42. The Bertz CT molecular complexity index is 769. The van der Waals surface area contributed by atoms with Crippen molar-refractivity contribution >= 4 is 5.91 Å². The highest BCUT2D eigenvalue weighted by molar-refractivity contribution is 5.95. The van der Waals surface area contributed by atoms with Gasteiger partial charge in [0, 0.05) is 31.0 Å². The number of carbonyl (C=O) groups is 1. The number of aromatic nitrogens is 1. The first-order valence-corrected chi connectivity index (χ1v) is 8.30. The van der Waals surface area contributed by atoms with Crippen molar-refractivity contribution in [2.75, 3.05) is 20.3 Å². The van der Waals surface area contributed by atoms with Gasteiger partial charge in [0.1, 0.15) is 17.3 Å². The zero-order chi connectivity index (χ0) is 18.6. The molecule has 1 amide bonds. The Morgan fingerprint density at radius 1 is 1.28 bits per heavy atom. The number of nitrogens with one attached hydrogen (secondary N) is 1. The lowest BCUT2D eigenvalue weighted by atomic mass is 10.1. The van der Waals surface area contributed by atoms with Gasteiger partial charge >= 0.3 is 0 Å². The third-order valence-corrected chi connectivity index (χ3v) is 4.42. The van der Waals surface area contributed by atoms with E-state index in [1.165, 1.54) is 12.1 Å². The number of nitrogens with zero attached hydrogens (tertiary/aromatic N) is 1. The monoisotopic (exact) mass is 350 g/mol. The van der Waals surface area contributed by atoms with Gasteiger partial charge in [-0.3, -0.25) is 4.79 Å².